The van der Waals surface area contributed by atoms with Gasteiger partial charge in [-0.1, -0.05) is 54.9 Å². The van der Waals surface area contributed by atoms with Gasteiger partial charge in [0.1, 0.15) is 0 Å². The highest BCUT2D eigenvalue weighted by molar-refractivity contribution is 6.30. The van der Waals surface area contributed by atoms with E-state index >= 15 is 0 Å². The van der Waals surface area contributed by atoms with Gasteiger partial charge in [0.15, 0.2) is 0 Å². The number of halogens is 1. The highest BCUT2D eigenvalue weighted by Gasteiger charge is 2.21. The van der Waals surface area contributed by atoms with E-state index in [4.69, 9.17) is 11.6 Å². The van der Waals surface area contributed by atoms with Crippen LogP contribution < -0.4 is 0 Å². The minimum atomic E-state index is -0.771. The number of hydrogen-bond acceptors (Lipinski definition) is 2. The molecular weight excluding hydrogens is 284 g/mol. The van der Waals surface area contributed by atoms with Crippen LogP contribution in [0, 0.1) is 0 Å². The minimum absolute atomic E-state index is 0.123. The summed E-state index contributed by atoms with van der Waals surface area (Å²) in [6.07, 6.45) is 0.811. The molecule has 0 radical (unpaired) electrons. The van der Waals surface area contributed by atoms with Crippen LogP contribution in [0.4, 0.5) is 0 Å². The molecule has 112 valence electrons. The first-order valence-electron chi connectivity index (χ1n) is 7.26. The van der Waals surface area contributed by atoms with Crippen LogP contribution in [-0.2, 0) is 12.8 Å². The average Bonchev–Trinajstić information content (AvgIpc) is 2.53. The van der Waals surface area contributed by atoms with Gasteiger partial charge in [-0.25, -0.2) is 0 Å². The first kappa shape index (κ1) is 16.0. The number of aryl methyl sites for hydroxylation is 1. The van der Waals surface area contributed by atoms with E-state index in [1.807, 2.05) is 48.5 Å². The molecule has 0 aliphatic carbocycles. The monoisotopic (exact) mass is 304 g/mol. The summed E-state index contributed by atoms with van der Waals surface area (Å²) >= 11 is 6.05. The summed E-state index contributed by atoms with van der Waals surface area (Å²) in [5.41, 5.74) is 3.40. The van der Waals surface area contributed by atoms with E-state index in [1.165, 1.54) is 11.1 Å². The van der Waals surface area contributed by atoms with Gasteiger partial charge in [0.05, 0.1) is 12.7 Å². The van der Waals surface area contributed by atoms with Crippen molar-refractivity contribution < 1.29 is 10.2 Å². The second-order valence-electron chi connectivity index (χ2n) is 5.24. The third kappa shape index (κ3) is 4.07. The number of aliphatic hydroxyl groups is 2. The molecule has 0 heterocycles. The second kappa shape index (κ2) is 7.60. The Morgan fingerprint density at radius 3 is 2.38 bits per heavy atom. The highest BCUT2D eigenvalue weighted by atomic mass is 35.5. The molecule has 2 atom stereocenters. The maximum Gasteiger partial charge on any atom is 0.0842 e. The highest BCUT2D eigenvalue weighted by Crippen LogP contribution is 2.27. The standard InChI is InChI=1S/C18H21ClO2/c1-2-13-10-16(19)9-8-15(13)11-17(18(21)12-20)14-6-4-3-5-7-14/h3-10,17-18,20-21H,2,11-12H2,1H3/t17-,18+/m1/s1. The van der Waals surface area contributed by atoms with Gasteiger partial charge in [-0.05, 0) is 41.7 Å². The lowest BCUT2D eigenvalue weighted by Crippen LogP contribution is -2.24. The van der Waals surface area contributed by atoms with Gasteiger partial charge in [-0.3, -0.25) is 0 Å². The van der Waals surface area contributed by atoms with Crippen molar-refractivity contribution in [3.8, 4) is 0 Å². The lowest BCUT2D eigenvalue weighted by molar-refractivity contribution is 0.0723. The van der Waals surface area contributed by atoms with Crippen molar-refractivity contribution in [1.82, 2.24) is 0 Å². The van der Waals surface area contributed by atoms with Crippen molar-refractivity contribution in [2.75, 3.05) is 6.61 Å². The van der Waals surface area contributed by atoms with Crippen LogP contribution >= 0.6 is 11.6 Å². The van der Waals surface area contributed by atoms with Crippen molar-refractivity contribution >= 4 is 11.6 Å². The van der Waals surface area contributed by atoms with E-state index in [1.54, 1.807) is 0 Å². The van der Waals surface area contributed by atoms with Crippen molar-refractivity contribution in [2.24, 2.45) is 0 Å². The number of hydrogen-bond donors (Lipinski definition) is 2. The van der Waals surface area contributed by atoms with E-state index in [0.29, 0.717) is 6.42 Å². The van der Waals surface area contributed by atoms with Crippen LogP contribution in [0.15, 0.2) is 48.5 Å². The van der Waals surface area contributed by atoms with Gasteiger partial charge in [0.25, 0.3) is 0 Å². The van der Waals surface area contributed by atoms with E-state index < -0.39 is 6.10 Å². The van der Waals surface area contributed by atoms with E-state index in [-0.39, 0.29) is 12.5 Å². The SMILES string of the molecule is CCc1cc(Cl)ccc1C[C@H](c1ccccc1)[C@@H](O)CO. The Hall–Kier alpha value is -1.35. The molecule has 0 aliphatic rings. The average molecular weight is 305 g/mol. The molecule has 2 nitrogen and oxygen atoms in total. The molecule has 0 aromatic heterocycles. The largest absolute Gasteiger partial charge is 0.394 e. The number of benzene rings is 2. The quantitative estimate of drug-likeness (QED) is 0.856. The molecule has 2 rings (SSSR count). The minimum Gasteiger partial charge on any atom is -0.394 e. The molecule has 2 aromatic rings. The molecule has 2 N–H and O–H groups in total. The molecule has 0 spiro atoms. The van der Waals surface area contributed by atoms with Gasteiger partial charge >= 0.3 is 0 Å². The molecule has 0 unspecified atom stereocenters. The molecule has 0 fully saturated rings. The maximum absolute atomic E-state index is 10.2. The van der Waals surface area contributed by atoms with Crippen LogP contribution in [0.2, 0.25) is 5.02 Å². The zero-order chi connectivity index (χ0) is 15.2. The predicted molar refractivity (Wildman–Crippen MR) is 86.8 cm³/mol. The Morgan fingerprint density at radius 2 is 1.76 bits per heavy atom. The van der Waals surface area contributed by atoms with E-state index in [0.717, 1.165) is 17.0 Å². The van der Waals surface area contributed by atoms with Gasteiger partial charge < -0.3 is 10.2 Å². The molecule has 3 heteroatoms. The first-order chi connectivity index (χ1) is 10.2. The summed E-state index contributed by atoms with van der Waals surface area (Å²) in [6.45, 7) is 1.85. The molecule has 0 amide bonds. The summed E-state index contributed by atoms with van der Waals surface area (Å²) in [5.74, 6) is -0.123. The van der Waals surface area contributed by atoms with Gasteiger partial charge in [-0.15, -0.1) is 0 Å². The third-order valence-corrected chi connectivity index (χ3v) is 4.10. The van der Waals surface area contributed by atoms with Crippen molar-refractivity contribution in [2.45, 2.75) is 31.8 Å². The molecule has 0 saturated carbocycles. The Morgan fingerprint density at radius 1 is 1.05 bits per heavy atom. The summed E-state index contributed by atoms with van der Waals surface area (Å²) in [7, 11) is 0. The van der Waals surface area contributed by atoms with E-state index in [2.05, 4.69) is 6.92 Å². The van der Waals surface area contributed by atoms with Crippen LogP contribution in [0.5, 0.6) is 0 Å². The molecule has 0 saturated heterocycles. The molecule has 21 heavy (non-hydrogen) atoms. The zero-order valence-corrected chi connectivity index (χ0v) is 12.9. The third-order valence-electron chi connectivity index (χ3n) is 3.87. The fraction of sp³-hybridized carbons (Fsp3) is 0.333. The van der Waals surface area contributed by atoms with Gasteiger partial charge in [0, 0.05) is 10.9 Å². The summed E-state index contributed by atoms with van der Waals surface area (Å²) in [5, 5.41) is 20.2. The Balaban J connectivity index is 2.32. The molecular formula is C18H21ClO2. The first-order valence-corrected chi connectivity index (χ1v) is 7.64. The van der Waals surface area contributed by atoms with Crippen molar-refractivity contribution in [3.05, 3.63) is 70.2 Å². The Labute approximate surface area is 131 Å². The normalized spacial score (nSPS) is 13.9. The summed E-state index contributed by atoms with van der Waals surface area (Å²) in [4.78, 5) is 0. The van der Waals surface area contributed by atoms with E-state index in [9.17, 15) is 10.2 Å². The fourth-order valence-corrected chi connectivity index (χ4v) is 2.86. The van der Waals surface area contributed by atoms with Gasteiger partial charge in [0.2, 0.25) is 0 Å². The lowest BCUT2D eigenvalue weighted by atomic mass is 9.86. The van der Waals surface area contributed by atoms with Crippen molar-refractivity contribution in [1.29, 1.82) is 0 Å². The smallest absolute Gasteiger partial charge is 0.0842 e. The van der Waals surface area contributed by atoms with Crippen molar-refractivity contribution in [3.63, 3.8) is 0 Å². The fourth-order valence-electron chi connectivity index (χ4n) is 2.66. The Kier molecular flexibility index (Phi) is 5.80. The van der Waals surface area contributed by atoms with Crippen LogP contribution in [0.1, 0.15) is 29.5 Å². The lowest BCUT2D eigenvalue weighted by Gasteiger charge is -2.23. The predicted octanol–water partition coefficient (Wildman–Crippen LogP) is 3.58. The second-order valence-corrected chi connectivity index (χ2v) is 5.67. The van der Waals surface area contributed by atoms with Crippen LogP contribution in [0.25, 0.3) is 0 Å². The van der Waals surface area contributed by atoms with Crippen LogP contribution in [-0.4, -0.2) is 22.9 Å². The molecule has 0 bridgehead atoms. The summed E-state index contributed by atoms with van der Waals surface area (Å²) in [6, 6.07) is 15.7. The molecule has 2 aromatic carbocycles. The Bertz CT molecular complexity index is 569. The maximum atomic E-state index is 10.2. The summed E-state index contributed by atoms with van der Waals surface area (Å²) < 4.78 is 0. The number of aliphatic hydroxyl groups excluding tert-OH is 2. The topological polar surface area (TPSA) is 40.5 Å². The number of rotatable bonds is 6. The van der Waals surface area contributed by atoms with Gasteiger partial charge in [-0.2, -0.15) is 0 Å². The zero-order valence-electron chi connectivity index (χ0n) is 12.2. The molecule has 0 aliphatic heterocycles. The van der Waals surface area contributed by atoms with Crippen LogP contribution in [0.3, 0.4) is 0 Å².